The van der Waals surface area contributed by atoms with Crippen LogP contribution in [0.1, 0.15) is 37.6 Å². The topological polar surface area (TPSA) is 44.6 Å². The SMILES string of the molecule is CCCc1ccc(N2CCN(C(=O)[C@@H]3CCCN(Cc4nc5ccccc5n4C)C3)CC2)cc1. The van der Waals surface area contributed by atoms with Crippen molar-refractivity contribution in [2.24, 2.45) is 13.0 Å². The number of para-hydroxylation sites is 2. The second-order valence-corrected chi connectivity index (χ2v) is 9.88. The number of aryl methyl sites for hydroxylation is 2. The summed E-state index contributed by atoms with van der Waals surface area (Å²) >= 11 is 0. The van der Waals surface area contributed by atoms with Crippen LogP contribution in [0.4, 0.5) is 5.69 Å². The van der Waals surface area contributed by atoms with Crippen molar-refractivity contribution in [3.05, 3.63) is 59.9 Å². The summed E-state index contributed by atoms with van der Waals surface area (Å²) in [6.45, 7) is 8.35. The van der Waals surface area contributed by atoms with Gasteiger partial charge in [0.05, 0.1) is 23.5 Å². The third-order valence-corrected chi connectivity index (χ3v) is 7.53. The predicted molar refractivity (Wildman–Crippen MR) is 138 cm³/mol. The molecule has 1 atom stereocenters. The Morgan fingerprint density at radius 3 is 2.50 bits per heavy atom. The molecule has 0 radical (unpaired) electrons. The molecule has 2 fully saturated rings. The van der Waals surface area contributed by atoms with E-state index in [0.717, 1.165) is 76.4 Å². The normalized spacial score (nSPS) is 19.6. The fraction of sp³-hybridized carbons (Fsp3) is 0.500. The average Bonchev–Trinajstić information content (AvgIpc) is 3.19. The molecule has 0 bridgehead atoms. The van der Waals surface area contributed by atoms with Crippen LogP contribution < -0.4 is 4.90 Å². The van der Waals surface area contributed by atoms with Crippen molar-refractivity contribution in [1.29, 1.82) is 0 Å². The van der Waals surface area contributed by atoms with Gasteiger partial charge in [0.2, 0.25) is 5.91 Å². The molecule has 0 spiro atoms. The number of nitrogens with zero attached hydrogens (tertiary/aromatic N) is 5. The summed E-state index contributed by atoms with van der Waals surface area (Å²) in [5.74, 6) is 1.52. The summed E-state index contributed by atoms with van der Waals surface area (Å²) in [6.07, 6.45) is 4.39. The summed E-state index contributed by atoms with van der Waals surface area (Å²) < 4.78 is 2.19. The first-order valence-electron chi connectivity index (χ1n) is 12.9. The summed E-state index contributed by atoms with van der Waals surface area (Å²) in [7, 11) is 2.09. The third kappa shape index (κ3) is 4.83. The van der Waals surface area contributed by atoms with Gasteiger partial charge in [-0.05, 0) is 55.6 Å². The number of carbonyl (C=O) groups is 1. The Morgan fingerprint density at radius 1 is 1.00 bits per heavy atom. The highest BCUT2D eigenvalue weighted by Crippen LogP contribution is 2.24. The van der Waals surface area contributed by atoms with E-state index >= 15 is 0 Å². The Balaban J connectivity index is 1.16. The van der Waals surface area contributed by atoms with Crippen molar-refractivity contribution in [3.63, 3.8) is 0 Å². The number of rotatable bonds is 6. The largest absolute Gasteiger partial charge is 0.368 e. The highest BCUT2D eigenvalue weighted by atomic mass is 16.2. The maximum atomic E-state index is 13.4. The van der Waals surface area contributed by atoms with Gasteiger partial charge >= 0.3 is 0 Å². The minimum absolute atomic E-state index is 0.100. The molecule has 3 heterocycles. The van der Waals surface area contributed by atoms with E-state index in [4.69, 9.17) is 4.98 Å². The number of piperazine rings is 1. The molecule has 0 saturated carbocycles. The van der Waals surface area contributed by atoms with Crippen LogP contribution in [-0.2, 0) is 24.8 Å². The van der Waals surface area contributed by atoms with E-state index in [1.54, 1.807) is 0 Å². The number of likely N-dealkylation sites (tertiary alicyclic amines) is 1. The Morgan fingerprint density at radius 2 is 1.76 bits per heavy atom. The molecule has 6 nitrogen and oxygen atoms in total. The monoisotopic (exact) mass is 459 g/mol. The smallest absolute Gasteiger partial charge is 0.227 e. The Bertz CT molecular complexity index is 1110. The van der Waals surface area contributed by atoms with E-state index in [2.05, 4.69) is 75.7 Å². The number of anilines is 1. The highest BCUT2D eigenvalue weighted by molar-refractivity contribution is 5.79. The van der Waals surface area contributed by atoms with Crippen LogP contribution in [0.5, 0.6) is 0 Å². The molecule has 5 rings (SSSR count). The number of amides is 1. The van der Waals surface area contributed by atoms with E-state index in [1.807, 2.05) is 6.07 Å². The molecule has 0 N–H and O–H groups in total. The molecular weight excluding hydrogens is 422 g/mol. The zero-order valence-electron chi connectivity index (χ0n) is 20.6. The van der Waals surface area contributed by atoms with Gasteiger partial charge in [0.15, 0.2) is 0 Å². The van der Waals surface area contributed by atoms with Crippen molar-refractivity contribution in [2.75, 3.05) is 44.2 Å². The van der Waals surface area contributed by atoms with Crippen molar-refractivity contribution in [3.8, 4) is 0 Å². The molecule has 3 aromatic rings. The molecule has 2 saturated heterocycles. The number of hydrogen-bond donors (Lipinski definition) is 0. The number of piperidine rings is 1. The maximum absolute atomic E-state index is 13.4. The molecule has 0 aliphatic carbocycles. The summed E-state index contributed by atoms with van der Waals surface area (Å²) in [4.78, 5) is 25.2. The zero-order valence-corrected chi connectivity index (χ0v) is 20.6. The Hall–Kier alpha value is -2.86. The Kier molecular flexibility index (Phi) is 6.86. The minimum atomic E-state index is 0.100. The molecule has 2 aliphatic rings. The minimum Gasteiger partial charge on any atom is -0.368 e. The molecule has 180 valence electrons. The average molecular weight is 460 g/mol. The van der Waals surface area contributed by atoms with E-state index in [1.165, 1.54) is 23.2 Å². The lowest BCUT2D eigenvalue weighted by Gasteiger charge is -2.39. The van der Waals surface area contributed by atoms with Gasteiger partial charge in [-0.15, -0.1) is 0 Å². The van der Waals surface area contributed by atoms with Gasteiger partial charge in [0.25, 0.3) is 0 Å². The predicted octanol–water partition coefficient (Wildman–Crippen LogP) is 4.09. The quantitative estimate of drug-likeness (QED) is 0.557. The van der Waals surface area contributed by atoms with Gasteiger partial charge in [-0.3, -0.25) is 9.69 Å². The van der Waals surface area contributed by atoms with Crippen LogP contribution in [0.2, 0.25) is 0 Å². The number of benzene rings is 2. The number of carbonyl (C=O) groups excluding carboxylic acids is 1. The van der Waals surface area contributed by atoms with E-state index in [9.17, 15) is 4.79 Å². The molecule has 2 aromatic carbocycles. The van der Waals surface area contributed by atoms with Gasteiger partial charge in [-0.1, -0.05) is 37.6 Å². The zero-order chi connectivity index (χ0) is 23.5. The van der Waals surface area contributed by atoms with Crippen LogP contribution in [0, 0.1) is 5.92 Å². The van der Waals surface area contributed by atoms with Gasteiger partial charge in [-0.2, -0.15) is 0 Å². The van der Waals surface area contributed by atoms with Gasteiger partial charge in [0.1, 0.15) is 5.82 Å². The molecule has 1 aromatic heterocycles. The fourth-order valence-electron chi connectivity index (χ4n) is 5.54. The molecule has 1 amide bonds. The first-order chi connectivity index (χ1) is 16.6. The lowest BCUT2D eigenvalue weighted by molar-refractivity contribution is -0.137. The van der Waals surface area contributed by atoms with Crippen LogP contribution in [0.25, 0.3) is 11.0 Å². The van der Waals surface area contributed by atoms with Crippen LogP contribution in [-0.4, -0.2) is 64.5 Å². The van der Waals surface area contributed by atoms with Gasteiger partial charge in [0, 0.05) is 45.5 Å². The lowest BCUT2D eigenvalue weighted by atomic mass is 9.96. The number of fused-ring (bicyclic) bond motifs is 1. The fourth-order valence-corrected chi connectivity index (χ4v) is 5.54. The second-order valence-electron chi connectivity index (χ2n) is 9.88. The van der Waals surface area contributed by atoms with Crippen LogP contribution >= 0.6 is 0 Å². The highest BCUT2D eigenvalue weighted by Gasteiger charge is 2.31. The van der Waals surface area contributed by atoms with E-state index in [-0.39, 0.29) is 5.92 Å². The summed E-state index contributed by atoms with van der Waals surface area (Å²) in [5, 5.41) is 0. The first kappa shape index (κ1) is 22.9. The number of imidazole rings is 1. The van der Waals surface area contributed by atoms with Crippen molar-refractivity contribution in [1.82, 2.24) is 19.4 Å². The van der Waals surface area contributed by atoms with E-state index in [0.29, 0.717) is 5.91 Å². The van der Waals surface area contributed by atoms with Gasteiger partial charge in [-0.25, -0.2) is 4.98 Å². The molecule has 2 aliphatic heterocycles. The van der Waals surface area contributed by atoms with Crippen LogP contribution in [0.3, 0.4) is 0 Å². The molecule has 34 heavy (non-hydrogen) atoms. The van der Waals surface area contributed by atoms with Crippen LogP contribution in [0.15, 0.2) is 48.5 Å². The standard InChI is InChI=1S/C28H37N5O/c1-3-7-22-11-13-24(14-12-22)32-16-18-33(19-17-32)28(34)23-8-6-15-31(20-23)21-27-29-25-9-4-5-10-26(25)30(27)2/h4-5,9-14,23H,3,6-8,15-21H2,1-2H3/t23-/m1/s1. The number of hydrogen-bond acceptors (Lipinski definition) is 4. The lowest BCUT2D eigenvalue weighted by Crippen LogP contribution is -2.52. The molecule has 0 unspecified atom stereocenters. The first-order valence-corrected chi connectivity index (χ1v) is 12.9. The number of aromatic nitrogens is 2. The van der Waals surface area contributed by atoms with Crippen molar-refractivity contribution >= 4 is 22.6 Å². The second kappa shape index (κ2) is 10.2. The Labute approximate surface area is 203 Å². The summed E-state index contributed by atoms with van der Waals surface area (Å²) in [5.41, 5.74) is 4.89. The van der Waals surface area contributed by atoms with Crippen molar-refractivity contribution < 1.29 is 4.79 Å². The maximum Gasteiger partial charge on any atom is 0.227 e. The van der Waals surface area contributed by atoms with E-state index < -0.39 is 0 Å². The van der Waals surface area contributed by atoms with Crippen molar-refractivity contribution in [2.45, 2.75) is 39.2 Å². The third-order valence-electron chi connectivity index (χ3n) is 7.53. The summed E-state index contributed by atoms with van der Waals surface area (Å²) in [6, 6.07) is 17.3. The molecule has 6 heteroatoms. The molecular formula is C28H37N5O. The van der Waals surface area contributed by atoms with Gasteiger partial charge < -0.3 is 14.4 Å².